The van der Waals surface area contributed by atoms with Gasteiger partial charge in [-0.1, -0.05) is 26.2 Å². The average molecular weight is 199 g/mol. The number of carboxylic acids is 1. The molecule has 1 rings (SSSR count). The van der Waals surface area contributed by atoms with Gasteiger partial charge in [0, 0.05) is 0 Å². The van der Waals surface area contributed by atoms with Crippen LogP contribution in [0.1, 0.15) is 51.9 Å². The largest absolute Gasteiger partial charge is 0.480 e. The van der Waals surface area contributed by atoms with Crippen LogP contribution in [0.25, 0.3) is 0 Å². The highest BCUT2D eigenvalue weighted by Crippen LogP contribution is 2.45. The van der Waals surface area contributed by atoms with Gasteiger partial charge < -0.3 is 10.8 Å². The fraction of sp³-hybridized carbons (Fsp3) is 0.909. The predicted octanol–water partition coefficient (Wildman–Crippen LogP) is 2.15. The highest BCUT2D eigenvalue weighted by atomic mass is 16.4. The lowest BCUT2D eigenvalue weighted by Crippen LogP contribution is -2.36. The first-order valence-electron chi connectivity index (χ1n) is 5.58. The normalized spacial score (nSPS) is 22.1. The Balaban J connectivity index is 2.55. The summed E-state index contributed by atoms with van der Waals surface area (Å²) in [6, 6.07) is -0.667. The van der Waals surface area contributed by atoms with E-state index in [1.165, 1.54) is 25.7 Å². The molecule has 0 radical (unpaired) electrons. The molecule has 3 nitrogen and oxygen atoms in total. The number of hydrogen-bond acceptors (Lipinski definition) is 2. The van der Waals surface area contributed by atoms with Crippen molar-refractivity contribution in [3.8, 4) is 0 Å². The van der Waals surface area contributed by atoms with Crippen molar-refractivity contribution in [1.82, 2.24) is 0 Å². The van der Waals surface area contributed by atoms with Crippen LogP contribution in [0, 0.1) is 5.41 Å². The minimum absolute atomic E-state index is 0.243. The van der Waals surface area contributed by atoms with Crippen molar-refractivity contribution in [1.29, 1.82) is 0 Å². The maximum Gasteiger partial charge on any atom is 0.320 e. The standard InChI is InChI=1S/C11H21NO2/c1-2-5-11(6-3-4-7-11)8-9(12)10(13)14/h9H,2-8,12H2,1H3,(H,13,14). The number of hydrogen-bond donors (Lipinski definition) is 2. The number of carboxylic acid groups (broad SMARTS) is 1. The topological polar surface area (TPSA) is 63.3 Å². The monoisotopic (exact) mass is 199 g/mol. The zero-order valence-corrected chi connectivity index (χ0v) is 8.96. The van der Waals surface area contributed by atoms with Crippen LogP contribution in [0.15, 0.2) is 0 Å². The Morgan fingerprint density at radius 2 is 2.07 bits per heavy atom. The summed E-state index contributed by atoms with van der Waals surface area (Å²) in [5.41, 5.74) is 5.85. The van der Waals surface area contributed by atoms with Crippen molar-refractivity contribution >= 4 is 5.97 Å². The lowest BCUT2D eigenvalue weighted by Gasteiger charge is -2.30. The molecule has 0 bridgehead atoms. The molecule has 1 aliphatic carbocycles. The summed E-state index contributed by atoms with van der Waals surface area (Å²) in [5, 5.41) is 8.80. The third-order valence-corrected chi connectivity index (χ3v) is 3.41. The Bertz CT molecular complexity index is 197. The van der Waals surface area contributed by atoms with Gasteiger partial charge in [-0.05, 0) is 31.1 Å². The lowest BCUT2D eigenvalue weighted by molar-refractivity contribution is -0.139. The van der Waals surface area contributed by atoms with Crippen LogP contribution in [0.3, 0.4) is 0 Å². The second-order valence-electron chi connectivity index (χ2n) is 4.61. The molecule has 0 heterocycles. The highest BCUT2D eigenvalue weighted by molar-refractivity contribution is 5.73. The van der Waals surface area contributed by atoms with E-state index in [2.05, 4.69) is 6.92 Å². The first-order valence-corrected chi connectivity index (χ1v) is 5.58. The second-order valence-corrected chi connectivity index (χ2v) is 4.61. The maximum atomic E-state index is 10.7. The van der Waals surface area contributed by atoms with Crippen molar-refractivity contribution in [3.63, 3.8) is 0 Å². The number of aliphatic carboxylic acids is 1. The van der Waals surface area contributed by atoms with Crippen LogP contribution in [0.4, 0.5) is 0 Å². The third kappa shape index (κ3) is 2.71. The molecule has 0 spiro atoms. The average Bonchev–Trinajstić information content (AvgIpc) is 2.54. The molecule has 0 aromatic carbocycles. The Morgan fingerprint density at radius 3 is 2.50 bits per heavy atom. The summed E-state index contributed by atoms with van der Waals surface area (Å²) >= 11 is 0. The smallest absolute Gasteiger partial charge is 0.320 e. The Kier molecular flexibility index (Phi) is 3.93. The highest BCUT2D eigenvalue weighted by Gasteiger charge is 2.35. The minimum atomic E-state index is -0.854. The van der Waals surface area contributed by atoms with E-state index >= 15 is 0 Å². The summed E-state index contributed by atoms with van der Waals surface area (Å²) in [6.07, 6.45) is 7.75. The van der Waals surface area contributed by atoms with Crippen LogP contribution >= 0.6 is 0 Å². The first-order chi connectivity index (χ1) is 6.59. The molecule has 1 saturated carbocycles. The fourth-order valence-corrected chi connectivity index (χ4v) is 2.77. The van der Waals surface area contributed by atoms with E-state index in [1.54, 1.807) is 0 Å². The van der Waals surface area contributed by atoms with Gasteiger partial charge in [-0.3, -0.25) is 4.79 Å². The van der Waals surface area contributed by atoms with E-state index in [0.29, 0.717) is 6.42 Å². The molecule has 1 unspecified atom stereocenters. The molecule has 3 heteroatoms. The van der Waals surface area contributed by atoms with Gasteiger partial charge in [0.1, 0.15) is 6.04 Å². The SMILES string of the molecule is CCCC1(CC(N)C(=O)O)CCCC1. The molecule has 1 aliphatic rings. The minimum Gasteiger partial charge on any atom is -0.480 e. The van der Waals surface area contributed by atoms with E-state index < -0.39 is 12.0 Å². The predicted molar refractivity (Wildman–Crippen MR) is 56.0 cm³/mol. The summed E-state index contributed by atoms with van der Waals surface area (Å²) in [6.45, 7) is 2.16. The van der Waals surface area contributed by atoms with Crippen molar-refractivity contribution < 1.29 is 9.90 Å². The van der Waals surface area contributed by atoms with Crippen molar-refractivity contribution in [2.24, 2.45) is 11.1 Å². The quantitative estimate of drug-likeness (QED) is 0.713. The van der Waals surface area contributed by atoms with Crippen LogP contribution in [-0.2, 0) is 4.79 Å². The third-order valence-electron chi connectivity index (χ3n) is 3.41. The molecule has 0 amide bonds. The van der Waals surface area contributed by atoms with Crippen LogP contribution < -0.4 is 5.73 Å². The van der Waals surface area contributed by atoms with Gasteiger partial charge in [-0.15, -0.1) is 0 Å². The molecular formula is C11H21NO2. The zero-order valence-electron chi connectivity index (χ0n) is 8.96. The zero-order chi connectivity index (χ0) is 10.6. The van der Waals surface area contributed by atoms with Crippen molar-refractivity contribution in [2.45, 2.75) is 57.9 Å². The van der Waals surface area contributed by atoms with E-state index in [9.17, 15) is 4.79 Å². The van der Waals surface area contributed by atoms with Gasteiger partial charge in [0.05, 0.1) is 0 Å². The van der Waals surface area contributed by atoms with Crippen LogP contribution in [0.5, 0.6) is 0 Å². The van der Waals surface area contributed by atoms with E-state index in [-0.39, 0.29) is 5.41 Å². The Labute approximate surface area is 85.7 Å². The molecule has 3 N–H and O–H groups in total. The summed E-state index contributed by atoms with van der Waals surface area (Å²) < 4.78 is 0. The maximum absolute atomic E-state index is 10.7. The lowest BCUT2D eigenvalue weighted by atomic mass is 9.76. The van der Waals surface area contributed by atoms with Crippen molar-refractivity contribution in [2.75, 3.05) is 0 Å². The van der Waals surface area contributed by atoms with E-state index in [4.69, 9.17) is 10.8 Å². The Morgan fingerprint density at radius 1 is 1.50 bits per heavy atom. The molecule has 1 atom stereocenters. The Hall–Kier alpha value is -0.570. The molecule has 0 aromatic rings. The molecule has 0 aromatic heterocycles. The summed E-state index contributed by atoms with van der Waals surface area (Å²) in [5.74, 6) is -0.854. The molecular weight excluding hydrogens is 178 g/mol. The van der Waals surface area contributed by atoms with Gasteiger partial charge in [0.15, 0.2) is 0 Å². The van der Waals surface area contributed by atoms with Gasteiger partial charge in [-0.2, -0.15) is 0 Å². The van der Waals surface area contributed by atoms with Gasteiger partial charge in [0.2, 0.25) is 0 Å². The van der Waals surface area contributed by atoms with Gasteiger partial charge in [0.25, 0.3) is 0 Å². The molecule has 82 valence electrons. The number of rotatable bonds is 5. The summed E-state index contributed by atoms with van der Waals surface area (Å²) in [4.78, 5) is 10.7. The van der Waals surface area contributed by atoms with E-state index in [1.807, 2.05) is 0 Å². The van der Waals surface area contributed by atoms with Gasteiger partial charge in [-0.25, -0.2) is 0 Å². The molecule has 0 aliphatic heterocycles. The van der Waals surface area contributed by atoms with Crippen LogP contribution in [-0.4, -0.2) is 17.1 Å². The van der Waals surface area contributed by atoms with Crippen molar-refractivity contribution in [3.05, 3.63) is 0 Å². The molecule has 0 saturated heterocycles. The number of carbonyl (C=O) groups is 1. The summed E-state index contributed by atoms with van der Waals surface area (Å²) in [7, 11) is 0. The number of nitrogens with two attached hydrogens (primary N) is 1. The van der Waals surface area contributed by atoms with E-state index in [0.717, 1.165) is 12.8 Å². The molecule has 14 heavy (non-hydrogen) atoms. The first kappa shape index (κ1) is 11.5. The van der Waals surface area contributed by atoms with Gasteiger partial charge >= 0.3 is 5.97 Å². The molecule has 1 fully saturated rings. The second kappa shape index (κ2) is 4.78. The van der Waals surface area contributed by atoms with Crippen LogP contribution in [0.2, 0.25) is 0 Å². The fourth-order valence-electron chi connectivity index (χ4n) is 2.77.